The smallest absolute Gasteiger partial charge is 0.404 e. The van der Waals surface area contributed by atoms with Gasteiger partial charge in [0.1, 0.15) is 5.82 Å². The zero-order valence-corrected chi connectivity index (χ0v) is 11.5. The van der Waals surface area contributed by atoms with Gasteiger partial charge in [-0.15, -0.1) is 0 Å². The number of pyridine rings is 1. The lowest BCUT2D eigenvalue weighted by Gasteiger charge is -2.33. The topological polar surface area (TPSA) is 85.5 Å². The number of anilines is 1. The maximum atomic E-state index is 10.7. The number of nitrogens with zero attached hydrogens (tertiary/aromatic N) is 2. The van der Waals surface area contributed by atoms with Crippen LogP contribution in [0.15, 0.2) is 12.3 Å². The molecular weight excluding hydrogens is 258 g/mol. The molecule has 1 aromatic heterocycles. The van der Waals surface area contributed by atoms with Crippen molar-refractivity contribution in [3.8, 4) is 0 Å². The van der Waals surface area contributed by atoms with E-state index in [4.69, 9.17) is 10.5 Å². The van der Waals surface area contributed by atoms with Crippen LogP contribution in [0.3, 0.4) is 0 Å². The summed E-state index contributed by atoms with van der Waals surface area (Å²) in [6.07, 6.45) is 3.55. The molecule has 1 amide bonds. The number of ether oxygens (including phenoxy) is 1. The van der Waals surface area contributed by atoms with Gasteiger partial charge >= 0.3 is 6.09 Å². The number of carbonyl (C=O) groups excluding carboxylic acids is 2. The normalized spacial score (nSPS) is 15.9. The molecule has 0 aliphatic carbocycles. The molecule has 0 bridgehead atoms. The molecule has 2 heterocycles. The molecule has 1 fully saturated rings. The Balaban J connectivity index is 1.93. The number of amides is 1. The fraction of sp³-hybridized carbons (Fsp3) is 0.500. The van der Waals surface area contributed by atoms with E-state index in [-0.39, 0.29) is 0 Å². The molecule has 108 valence electrons. The summed E-state index contributed by atoms with van der Waals surface area (Å²) >= 11 is 0. The molecule has 2 rings (SSSR count). The van der Waals surface area contributed by atoms with Crippen LogP contribution in [-0.4, -0.2) is 37.1 Å². The number of primary amides is 1. The third-order valence-corrected chi connectivity index (χ3v) is 3.58. The standard InChI is InChI=1S/C14H19N3O3/c1-10-6-12(8-18)7-16-13(10)17-4-2-11(3-5-17)9-20-14(15)19/h6-8,11H,2-5,9H2,1H3,(H2,15,19). The molecule has 2 N–H and O–H groups in total. The average Bonchev–Trinajstić information content (AvgIpc) is 2.45. The zero-order chi connectivity index (χ0) is 14.5. The summed E-state index contributed by atoms with van der Waals surface area (Å²) in [7, 11) is 0. The highest BCUT2D eigenvalue weighted by Gasteiger charge is 2.22. The molecule has 0 spiro atoms. The Morgan fingerprint density at radius 3 is 2.80 bits per heavy atom. The predicted octanol–water partition coefficient (Wildman–Crippen LogP) is 1.51. The van der Waals surface area contributed by atoms with E-state index in [0.29, 0.717) is 18.1 Å². The van der Waals surface area contributed by atoms with Gasteiger partial charge < -0.3 is 15.4 Å². The second kappa shape index (κ2) is 6.36. The number of aldehydes is 1. The summed E-state index contributed by atoms with van der Waals surface area (Å²) < 4.78 is 4.84. The van der Waals surface area contributed by atoms with Crippen molar-refractivity contribution in [1.82, 2.24) is 4.98 Å². The minimum Gasteiger partial charge on any atom is -0.449 e. The van der Waals surface area contributed by atoms with Crippen molar-refractivity contribution in [2.24, 2.45) is 11.7 Å². The summed E-state index contributed by atoms with van der Waals surface area (Å²) in [4.78, 5) is 27.9. The van der Waals surface area contributed by atoms with Crippen LogP contribution in [0.25, 0.3) is 0 Å². The minimum absolute atomic E-state index is 0.355. The van der Waals surface area contributed by atoms with Gasteiger partial charge in [0.2, 0.25) is 0 Å². The second-order valence-corrected chi connectivity index (χ2v) is 5.09. The molecule has 1 saturated heterocycles. The lowest BCUT2D eigenvalue weighted by Crippen LogP contribution is -2.36. The molecule has 0 aromatic carbocycles. The van der Waals surface area contributed by atoms with Crippen LogP contribution in [0.1, 0.15) is 28.8 Å². The van der Waals surface area contributed by atoms with Gasteiger partial charge in [0.25, 0.3) is 0 Å². The van der Waals surface area contributed by atoms with Gasteiger partial charge in [0.05, 0.1) is 6.61 Å². The summed E-state index contributed by atoms with van der Waals surface area (Å²) in [5.41, 5.74) is 6.56. The number of carbonyl (C=O) groups is 2. The van der Waals surface area contributed by atoms with Gasteiger partial charge in [-0.1, -0.05) is 0 Å². The van der Waals surface area contributed by atoms with Crippen molar-refractivity contribution in [2.75, 3.05) is 24.6 Å². The van der Waals surface area contributed by atoms with E-state index in [9.17, 15) is 9.59 Å². The van der Waals surface area contributed by atoms with Crippen LogP contribution < -0.4 is 10.6 Å². The largest absolute Gasteiger partial charge is 0.449 e. The van der Waals surface area contributed by atoms with Crippen LogP contribution >= 0.6 is 0 Å². The van der Waals surface area contributed by atoms with Crippen LogP contribution in [0.4, 0.5) is 10.6 Å². The van der Waals surface area contributed by atoms with Crippen molar-refractivity contribution < 1.29 is 14.3 Å². The summed E-state index contributed by atoms with van der Waals surface area (Å²) in [5.74, 6) is 1.28. The van der Waals surface area contributed by atoms with Crippen molar-refractivity contribution in [2.45, 2.75) is 19.8 Å². The Morgan fingerprint density at radius 1 is 1.55 bits per heavy atom. The molecule has 0 atom stereocenters. The highest BCUT2D eigenvalue weighted by atomic mass is 16.5. The molecule has 0 unspecified atom stereocenters. The van der Waals surface area contributed by atoms with Crippen LogP contribution in [0.2, 0.25) is 0 Å². The number of rotatable bonds is 4. The Labute approximate surface area is 117 Å². The SMILES string of the molecule is Cc1cc(C=O)cnc1N1CCC(COC(N)=O)CC1. The van der Waals surface area contributed by atoms with Gasteiger partial charge in [-0.3, -0.25) is 4.79 Å². The Bertz CT molecular complexity index is 496. The highest BCUT2D eigenvalue weighted by molar-refractivity contribution is 5.75. The van der Waals surface area contributed by atoms with Crippen molar-refractivity contribution in [3.05, 3.63) is 23.4 Å². The molecule has 1 aliphatic heterocycles. The first-order valence-corrected chi connectivity index (χ1v) is 6.69. The fourth-order valence-electron chi connectivity index (χ4n) is 2.50. The Morgan fingerprint density at radius 2 is 2.25 bits per heavy atom. The van der Waals surface area contributed by atoms with E-state index in [1.54, 1.807) is 6.20 Å². The molecule has 6 nitrogen and oxygen atoms in total. The lowest BCUT2D eigenvalue weighted by atomic mass is 9.97. The maximum Gasteiger partial charge on any atom is 0.404 e. The predicted molar refractivity (Wildman–Crippen MR) is 74.8 cm³/mol. The van der Waals surface area contributed by atoms with Gasteiger partial charge in [-0.25, -0.2) is 9.78 Å². The lowest BCUT2D eigenvalue weighted by molar-refractivity contribution is 0.112. The molecule has 1 aliphatic rings. The van der Waals surface area contributed by atoms with E-state index >= 15 is 0 Å². The number of aromatic nitrogens is 1. The van der Waals surface area contributed by atoms with E-state index in [0.717, 1.165) is 43.6 Å². The number of hydrogen-bond donors (Lipinski definition) is 1. The molecule has 0 radical (unpaired) electrons. The van der Waals surface area contributed by atoms with E-state index < -0.39 is 6.09 Å². The first-order valence-electron chi connectivity index (χ1n) is 6.69. The number of piperidine rings is 1. The number of hydrogen-bond acceptors (Lipinski definition) is 5. The highest BCUT2D eigenvalue weighted by Crippen LogP contribution is 2.24. The first kappa shape index (κ1) is 14.3. The average molecular weight is 277 g/mol. The zero-order valence-electron chi connectivity index (χ0n) is 11.5. The van der Waals surface area contributed by atoms with Crippen molar-refractivity contribution >= 4 is 18.2 Å². The molecule has 6 heteroatoms. The molecule has 1 aromatic rings. The van der Waals surface area contributed by atoms with E-state index in [2.05, 4.69) is 9.88 Å². The van der Waals surface area contributed by atoms with Gasteiger partial charge in [-0.2, -0.15) is 0 Å². The minimum atomic E-state index is -0.714. The number of aryl methyl sites for hydroxylation is 1. The number of nitrogens with two attached hydrogens (primary N) is 1. The van der Waals surface area contributed by atoms with Crippen LogP contribution in [-0.2, 0) is 4.74 Å². The Kier molecular flexibility index (Phi) is 4.55. The first-order chi connectivity index (χ1) is 9.60. The second-order valence-electron chi connectivity index (χ2n) is 5.09. The maximum absolute atomic E-state index is 10.7. The van der Waals surface area contributed by atoms with Gasteiger partial charge in [0.15, 0.2) is 6.29 Å². The summed E-state index contributed by atoms with van der Waals surface area (Å²) in [6.45, 7) is 4.07. The Hall–Kier alpha value is -2.11. The molecule has 0 saturated carbocycles. The fourth-order valence-corrected chi connectivity index (χ4v) is 2.50. The monoisotopic (exact) mass is 277 g/mol. The quantitative estimate of drug-likeness (QED) is 0.843. The van der Waals surface area contributed by atoms with Crippen LogP contribution in [0, 0.1) is 12.8 Å². The molecule has 20 heavy (non-hydrogen) atoms. The van der Waals surface area contributed by atoms with Crippen molar-refractivity contribution in [1.29, 1.82) is 0 Å². The third kappa shape index (κ3) is 3.46. The van der Waals surface area contributed by atoms with Gasteiger partial charge in [-0.05, 0) is 37.3 Å². The summed E-state index contributed by atoms with van der Waals surface area (Å²) in [5, 5.41) is 0. The molecular formula is C14H19N3O3. The van der Waals surface area contributed by atoms with E-state index in [1.165, 1.54) is 0 Å². The van der Waals surface area contributed by atoms with Gasteiger partial charge in [0, 0.05) is 24.8 Å². The third-order valence-electron chi connectivity index (χ3n) is 3.58. The summed E-state index contributed by atoms with van der Waals surface area (Å²) in [6, 6.07) is 1.84. The van der Waals surface area contributed by atoms with Crippen LogP contribution in [0.5, 0.6) is 0 Å². The van der Waals surface area contributed by atoms with Crippen molar-refractivity contribution in [3.63, 3.8) is 0 Å². The van der Waals surface area contributed by atoms with E-state index in [1.807, 2.05) is 13.0 Å².